The molecule has 0 saturated carbocycles. The van der Waals surface area contributed by atoms with E-state index in [0.29, 0.717) is 6.04 Å². The molecule has 2 saturated heterocycles. The largest absolute Gasteiger partial charge is 0.359 e. The number of likely N-dealkylation sites (tertiary alicyclic amines) is 1. The van der Waals surface area contributed by atoms with E-state index >= 15 is 0 Å². The molecule has 2 N–H and O–H groups in total. The third-order valence-electron chi connectivity index (χ3n) is 4.21. The lowest BCUT2D eigenvalue weighted by Gasteiger charge is -2.40. The van der Waals surface area contributed by atoms with Crippen LogP contribution in [0.15, 0.2) is 0 Å². The molecule has 17 heavy (non-hydrogen) atoms. The first-order chi connectivity index (χ1) is 8.20. The molecule has 0 radical (unpaired) electrons. The molecule has 0 aromatic rings. The zero-order valence-corrected chi connectivity index (χ0v) is 11.0. The normalized spacial score (nSPS) is 32.4. The fraction of sp³-hybridized carbons (Fsp3) is 0.923. The molecule has 2 aliphatic rings. The van der Waals surface area contributed by atoms with Gasteiger partial charge in [-0.1, -0.05) is 6.92 Å². The summed E-state index contributed by atoms with van der Waals surface area (Å²) in [6.07, 6.45) is 3.34. The minimum absolute atomic E-state index is 0.222. The third kappa shape index (κ3) is 3.19. The van der Waals surface area contributed by atoms with E-state index in [0.717, 1.165) is 44.9 Å². The lowest BCUT2D eigenvalue weighted by molar-refractivity contribution is -0.126. The van der Waals surface area contributed by atoms with E-state index in [-0.39, 0.29) is 11.8 Å². The summed E-state index contributed by atoms with van der Waals surface area (Å²) < 4.78 is 0. The number of nitrogens with one attached hydrogen (secondary N) is 2. The van der Waals surface area contributed by atoms with Gasteiger partial charge in [0.1, 0.15) is 0 Å². The van der Waals surface area contributed by atoms with E-state index in [2.05, 4.69) is 22.5 Å². The molecule has 4 nitrogen and oxygen atoms in total. The lowest BCUT2D eigenvalue weighted by atomic mass is 9.91. The number of amides is 1. The summed E-state index contributed by atoms with van der Waals surface area (Å²) in [4.78, 5) is 14.1. The Morgan fingerprint density at radius 1 is 1.29 bits per heavy atom. The van der Waals surface area contributed by atoms with Crippen LogP contribution in [0.25, 0.3) is 0 Å². The number of hydrogen-bond donors (Lipinski definition) is 2. The van der Waals surface area contributed by atoms with Gasteiger partial charge in [-0.25, -0.2) is 0 Å². The maximum atomic E-state index is 11.6. The van der Waals surface area contributed by atoms with Crippen molar-refractivity contribution in [3.63, 3.8) is 0 Å². The molecule has 2 rings (SSSR count). The van der Waals surface area contributed by atoms with Crippen LogP contribution in [0, 0.1) is 11.8 Å². The minimum atomic E-state index is 0.222. The SMILES string of the molecule is CNC(=O)C1CCN(C2CNCC(C)C2)CC1. The summed E-state index contributed by atoms with van der Waals surface area (Å²) >= 11 is 0. The van der Waals surface area contributed by atoms with Crippen molar-refractivity contribution in [2.24, 2.45) is 11.8 Å². The van der Waals surface area contributed by atoms with Crippen molar-refractivity contribution in [2.45, 2.75) is 32.2 Å². The highest BCUT2D eigenvalue weighted by Crippen LogP contribution is 2.23. The predicted octanol–water partition coefficient (Wildman–Crippen LogP) is 0.442. The standard InChI is InChI=1S/C13H25N3O/c1-10-7-12(9-15-8-10)16-5-3-11(4-6-16)13(17)14-2/h10-12,15H,3-9H2,1-2H3,(H,14,17). The van der Waals surface area contributed by atoms with Crippen molar-refractivity contribution in [2.75, 3.05) is 33.2 Å². The molecule has 2 atom stereocenters. The van der Waals surface area contributed by atoms with Crippen LogP contribution in [0.3, 0.4) is 0 Å². The van der Waals surface area contributed by atoms with E-state index in [1.165, 1.54) is 6.42 Å². The van der Waals surface area contributed by atoms with E-state index < -0.39 is 0 Å². The maximum absolute atomic E-state index is 11.6. The fourth-order valence-electron chi connectivity index (χ4n) is 3.14. The molecule has 4 heteroatoms. The molecular weight excluding hydrogens is 214 g/mol. The molecule has 98 valence electrons. The molecule has 0 bridgehead atoms. The van der Waals surface area contributed by atoms with Crippen LogP contribution < -0.4 is 10.6 Å². The van der Waals surface area contributed by atoms with Crippen LogP contribution in [0.4, 0.5) is 0 Å². The Kier molecular flexibility index (Phi) is 4.40. The van der Waals surface area contributed by atoms with E-state index in [1.54, 1.807) is 7.05 Å². The Labute approximate surface area is 104 Å². The average molecular weight is 239 g/mol. The first-order valence-electron chi connectivity index (χ1n) is 6.87. The van der Waals surface area contributed by atoms with Crippen molar-refractivity contribution in [3.05, 3.63) is 0 Å². The average Bonchev–Trinajstić information content (AvgIpc) is 2.38. The number of carbonyl (C=O) groups is 1. The van der Waals surface area contributed by atoms with Crippen molar-refractivity contribution in [3.8, 4) is 0 Å². The van der Waals surface area contributed by atoms with Crippen LogP contribution in [-0.2, 0) is 4.79 Å². The van der Waals surface area contributed by atoms with Crippen LogP contribution >= 0.6 is 0 Å². The number of carbonyl (C=O) groups excluding carboxylic acids is 1. The van der Waals surface area contributed by atoms with Crippen molar-refractivity contribution in [1.29, 1.82) is 0 Å². The van der Waals surface area contributed by atoms with Gasteiger partial charge in [0.25, 0.3) is 0 Å². The molecule has 2 fully saturated rings. The zero-order valence-electron chi connectivity index (χ0n) is 11.0. The summed E-state index contributed by atoms with van der Waals surface area (Å²) in [6, 6.07) is 0.685. The summed E-state index contributed by atoms with van der Waals surface area (Å²) in [7, 11) is 1.74. The van der Waals surface area contributed by atoms with Gasteiger partial charge in [-0.05, 0) is 44.8 Å². The van der Waals surface area contributed by atoms with E-state index in [4.69, 9.17) is 0 Å². The topological polar surface area (TPSA) is 44.4 Å². The van der Waals surface area contributed by atoms with E-state index in [1.807, 2.05) is 0 Å². The second kappa shape index (κ2) is 5.83. The van der Waals surface area contributed by atoms with Crippen molar-refractivity contribution >= 4 is 5.91 Å². The summed E-state index contributed by atoms with van der Waals surface area (Å²) in [5, 5.41) is 6.27. The molecular formula is C13H25N3O. The number of hydrogen-bond acceptors (Lipinski definition) is 3. The van der Waals surface area contributed by atoms with E-state index in [9.17, 15) is 4.79 Å². The second-order valence-corrected chi connectivity index (χ2v) is 5.58. The van der Waals surface area contributed by atoms with Gasteiger partial charge in [0, 0.05) is 25.6 Å². The van der Waals surface area contributed by atoms with Crippen LogP contribution in [0.2, 0.25) is 0 Å². The van der Waals surface area contributed by atoms with Crippen LogP contribution in [-0.4, -0.2) is 50.1 Å². The molecule has 1 amide bonds. The quantitative estimate of drug-likeness (QED) is 0.735. The molecule has 2 aliphatic heterocycles. The first-order valence-corrected chi connectivity index (χ1v) is 6.87. The minimum Gasteiger partial charge on any atom is -0.359 e. The Bertz CT molecular complexity index is 261. The smallest absolute Gasteiger partial charge is 0.222 e. The van der Waals surface area contributed by atoms with Gasteiger partial charge in [-0.3, -0.25) is 9.69 Å². The van der Waals surface area contributed by atoms with Gasteiger partial charge in [-0.2, -0.15) is 0 Å². The van der Waals surface area contributed by atoms with Crippen molar-refractivity contribution < 1.29 is 4.79 Å². The Hall–Kier alpha value is -0.610. The summed E-state index contributed by atoms with van der Waals surface area (Å²) in [5.41, 5.74) is 0. The lowest BCUT2D eigenvalue weighted by Crippen LogP contribution is -2.51. The third-order valence-corrected chi connectivity index (χ3v) is 4.21. The molecule has 0 aliphatic carbocycles. The number of nitrogens with zero attached hydrogens (tertiary/aromatic N) is 1. The Morgan fingerprint density at radius 3 is 2.59 bits per heavy atom. The fourth-order valence-corrected chi connectivity index (χ4v) is 3.14. The summed E-state index contributed by atoms with van der Waals surface area (Å²) in [5.74, 6) is 1.25. The van der Waals surface area contributed by atoms with Crippen LogP contribution in [0.1, 0.15) is 26.2 Å². The maximum Gasteiger partial charge on any atom is 0.222 e. The van der Waals surface area contributed by atoms with Gasteiger partial charge in [0.2, 0.25) is 5.91 Å². The number of rotatable bonds is 2. The molecule has 0 aromatic heterocycles. The van der Waals surface area contributed by atoms with Gasteiger partial charge in [-0.15, -0.1) is 0 Å². The monoisotopic (exact) mass is 239 g/mol. The van der Waals surface area contributed by atoms with Gasteiger partial charge < -0.3 is 10.6 Å². The van der Waals surface area contributed by atoms with Gasteiger partial charge in [0.05, 0.1) is 0 Å². The highest BCUT2D eigenvalue weighted by Gasteiger charge is 2.30. The van der Waals surface area contributed by atoms with Crippen LogP contribution in [0.5, 0.6) is 0 Å². The highest BCUT2D eigenvalue weighted by molar-refractivity contribution is 5.78. The zero-order chi connectivity index (χ0) is 12.3. The molecule has 0 aromatic carbocycles. The second-order valence-electron chi connectivity index (χ2n) is 5.58. The summed E-state index contributed by atoms with van der Waals surface area (Å²) in [6.45, 7) is 6.75. The van der Waals surface area contributed by atoms with Gasteiger partial charge >= 0.3 is 0 Å². The molecule has 0 spiro atoms. The predicted molar refractivity (Wildman–Crippen MR) is 68.8 cm³/mol. The Morgan fingerprint density at radius 2 is 2.00 bits per heavy atom. The van der Waals surface area contributed by atoms with Gasteiger partial charge in [0.15, 0.2) is 0 Å². The molecule has 2 unspecified atom stereocenters. The number of piperidine rings is 2. The highest BCUT2D eigenvalue weighted by atomic mass is 16.1. The van der Waals surface area contributed by atoms with Crippen molar-refractivity contribution in [1.82, 2.24) is 15.5 Å². The first kappa shape index (κ1) is 12.8. The molecule has 2 heterocycles. The Balaban J connectivity index is 1.80.